The maximum atomic E-state index is 13.8. The number of rotatable bonds is 7. The van der Waals surface area contributed by atoms with Crippen molar-refractivity contribution < 1.29 is 23.5 Å². The Balaban J connectivity index is 0.00000216. The first-order valence-electron chi connectivity index (χ1n) is 13.3. The molecular formula is C33H37FN2O4. The third-order valence-corrected chi connectivity index (χ3v) is 6.18. The van der Waals surface area contributed by atoms with E-state index in [4.69, 9.17) is 9.47 Å². The van der Waals surface area contributed by atoms with Gasteiger partial charge in [-0.05, 0) is 63.9 Å². The van der Waals surface area contributed by atoms with Crippen LogP contribution in [0.1, 0.15) is 57.0 Å². The van der Waals surface area contributed by atoms with Crippen LogP contribution in [-0.4, -0.2) is 31.1 Å². The highest BCUT2D eigenvalue weighted by molar-refractivity contribution is 6.04. The van der Waals surface area contributed by atoms with Gasteiger partial charge >= 0.3 is 5.97 Å². The van der Waals surface area contributed by atoms with Crippen LogP contribution < -0.4 is 9.64 Å². The Hall–Kier alpha value is -4.26. The fraction of sp³-hybridized carbons (Fsp3) is 0.303. The second kappa shape index (κ2) is 13.2. The molecule has 0 saturated carbocycles. The number of fused-ring (bicyclic) bond motifs is 1. The number of pyridine rings is 1. The average Bonchev–Trinajstić information content (AvgIpc) is 2.95. The van der Waals surface area contributed by atoms with Gasteiger partial charge < -0.3 is 9.47 Å². The number of anilines is 1. The summed E-state index contributed by atoms with van der Waals surface area (Å²) < 4.78 is 23.8. The zero-order valence-corrected chi connectivity index (χ0v) is 24.2. The number of carbonyl (C=O) groups is 2. The van der Waals surface area contributed by atoms with Gasteiger partial charge in [-0.3, -0.25) is 9.69 Å². The number of aromatic nitrogens is 1. The van der Waals surface area contributed by atoms with E-state index in [1.165, 1.54) is 20.3 Å². The quantitative estimate of drug-likeness (QED) is 0.222. The van der Waals surface area contributed by atoms with E-state index >= 15 is 0 Å². The topological polar surface area (TPSA) is 68.7 Å². The lowest BCUT2D eigenvalue weighted by molar-refractivity contribution is -0.120. The lowest BCUT2D eigenvalue weighted by Crippen LogP contribution is -2.34. The normalized spacial score (nSPS) is 10.9. The third kappa shape index (κ3) is 7.23. The van der Waals surface area contributed by atoms with Gasteiger partial charge in [-0.15, -0.1) is 0 Å². The van der Waals surface area contributed by atoms with E-state index in [-0.39, 0.29) is 17.1 Å². The number of nitrogens with zero attached hydrogens (tertiary/aromatic N) is 2. The molecule has 7 heteroatoms. The molecule has 0 radical (unpaired) electrons. The number of methoxy groups -OCH3 is 2. The first-order chi connectivity index (χ1) is 19.1. The zero-order chi connectivity index (χ0) is 29.4. The summed E-state index contributed by atoms with van der Waals surface area (Å²) in [5.74, 6) is -0.183. The maximum Gasteiger partial charge on any atom is 0.337 e. The van der Waals surface area contributed by atoms with E-state index in [2.05, 4.69) is 4.98 Å². The van der Waals surface area contributed by atoms with Gasteiger partial charge in [0.25, 0.3) is 0 Å². The van der Waals surface area contributed by atoms with Gasteiger partial charge in [-0.2, -0.15) is 0 Å². The molecule has 0 aliphatic rings. The number of esters is 1. The summed E-state index contributed by atoms with van der Waals surface area (Å²) >= 11 is 0. The molecule has 1 heterocycles. The predicted molar refractivity (Wildman–Crippen MR) is 158 cm³/mol. The van der Waals surface area contributed by atoms with Gasteiger partial charge in [0.15, 0.2) is 11.6 Å². The minimum absolute atomic E-state index is 0.0538. The summed E-state index contributed by atoms with van der Waals surface area (Å²) in [6, 6.07) is 19.5. The summed E-state index contributed by atoms with van der Waals surface area (Å²) in [4.78, 5) is 31.9. The van der Waals surface area contributed by atoms with Crippen LogP contribution in [-0.2, 0) is 16.1 Å². The average molecular weight is 545 g/mol. The van der Waals surface area contributed by atoms with Gasteiger partial charge in [0.05, 0.1) is 26.3 Å². The molecule has 1 aromatic heterocycles. The van der Waals surface area contributed by atoms with Crippen LogP contribution in [0.5, 0.6) is 5.75 Å². The van der Waals surface area contributed by atoms with Gasteiger partial charge in [-0.1, -0.05) is 65.0 Å². The number of carbonyl (C=O) groups excluding carboxylic acids is 2. The zero-order valence-electron chi connectivity index (χ0n) is 24.2. The van der Waals surface area contributed by atoms with Crippen molar-refractivity contribution in [2.24, 2.45) is 5.41 Å². The molecule has 0 aliphatic heterocycles. The van der Waals surface area contributed by atoms with E-state index in [0.717, 1.165) is 27.5 Å². The second-order valence-corrected chi connectivity index (χ2v) is 10.3. The lowest BCUT2D eigenvalue weighted by atomic mass is 9.91. The smallest absolute Gasteiger partial charge is 0.337 e. The summed E-state index contributed by atoms with van der Waals surface area (Å²) in [5.41, 5.74) is 2.85. The second-order valence-electron chi connectivity index (χ2n) is 10.3. The first-order valence-corrected chi connectivity index (χ1v) is 13.3. The Morgan fingerprint density at radius 1 is 0.900 bits per heavy atom. The molecule has 4 aromatic rings. The number of amides is 1. The van der Waals surface area contributed by atoms with Crippen molar-refractivity contribution in [1.29, 1.82) is 0 Å². The molecule has 0 N–H and O–H groups in total. The van der Waals surface area contributed by atoms with Crippen molar-refractivity contribution in [3.63, 3.8) is 0 Å². The Bertz CT molecular complexity index is 1480. The van der Waals surface area contributed by atoms with Crippen LogP contribution >= 0.6 is 0 Å². The minimum atomic E-state index is -0.426. The van der Waals surface area contributed by atoms with Crippen molar-refractivity contribution >= 4 is 28.5 Å². The number of ether oxygens (including phenoxy) is 2. The molecule has 0 unspecified atom stereocenters. The van der Waals surface area contributed by atoms with Crippen molar-refractivity contribution in [2.75, 3.05) is 19.1 Å². The van der Waals surface area contributed by atoms with Crippen molar-refractivity contribution in [3.8, 4) is 16.9 Å². The van der Waals surface area contributed by atoms with Gasteiger partial charge in [0.1, 0.15) is 5.82 Å². The Morgan fingerprint density at radius 2 is 1.57 bits per heavy atom. The van der Waals surface area contributed by atoms with E-state index in [1.807, 2.05) is 65.0 Å². The van der Waals surface area contributed by atoms with Crippen LogP contribution in [0.15, 0.2) is 72.9 Å². The Morgan fingerprint density at radius 3 is 2.20 bits per heavy atom. The predicted octanol–water partition coefficient (Wildman–Crippen LogP) is 7.83. The van der Waals surface area contributed by atoms with E-state index in [9.17, 15) is 14.0 Å². The summed E-state index contributed by atoms with van der Waals surface area (Å²) in [7, 11) is 2.78. The molecule has 1 amide bonds. The fourth-order valence-corrected chi connectivity index (χ4v) is 4.28. The number of hydrogen-bond acceptors (Lipinski definition) is 5. The van der Waals surface area contributed by atoms with Crippen molar-refractivity contribution in [2.45, 2.75) is 47.6 Å². The monoisotopic (exact) mass is 544 g/mol. The molecule has 6 nitrogen and oxygen atoms in total. The molecule has 0 atom stereocenters. The van der Waals surface area contributed by atoms with Crippen LogP contribution in [0.2, 0.25) is 0 Å². The molecule has 3 aromatic carbocycles. The fourth-order valence-electron chi connectivity index (χ4n) is 4.28. The highest BCUT2D eigenvalue weighted by Crippen LogP contribution is 2.31. The third-order valence-electron chi connectivity index (χ3n) is 6.18. The summed E-state index contributed by atoms with van der Waals surface area (Å²) in [5, 5.41) is 1.55. The highest BCUT2D eigenvalue weighted by atomic mass is 19.1. The summed E-state index contributed by atoms with van der Waals surface area (Å²) in [6.45, 7) is 10.4. The van der Waals surface area contributed by atoms with Crippen LogP contribution in [0.3, 0.4) is 0 Å². The Kier molecular flexibility index (Phi) is 9.99. The van der Waals surface area contributed by atoms with Crippen LogP contribution in [0.4, 0.5) is 10.2 Å². The van der Waals surface area contributed by atoms with Gasteiger partial charge in [-0.25, -0.2) is 14.2 Å². The highest BCUT2D eigenvalue weighted by Gasteiger charge is 2.25. The van der Waals surface area contributed by atoms with Gasteiger partial charge in [0, 0.05) is 18.0 Å². The standard InChI is InChI=1S/C31H31FN2O4.C2H6/c1-31(2,3)18-28(35)34(29-25-12-10-24(30(36)38-5)16-23(25)14-15-33-29)19-20-6-8-21(9-7-20)22-11-13-26(32)27(17-22)37-4;1-2/h6-17H,18-19H2,1-5H3;1-2H3. The minimum Gasteiger partial charge on any atom is -0.494 e. The van der Waals surface area contributed by atoms with Crippen LogP contribution in [0, 0.1) is 11.2 Å². The molecule has 210 valence electrons. The Labute approximate surface area is 235 Å². The number of hydrogen-bond donors (Lipinski definition) is 0. The van der Waals surface area contributed by atoms with E-state index in [1.54, 1.807) is 41.4 Å². The lowest BCUT2D eigenvalue weighted by Gasteiger charge is -2.27. The molecular weight excluding hydrogens is 507 g/mol. The molecule has 0 fully saturated rings. The molecule has 0 aliphatic carbocycles. The molecule has 40 heavy (non-hydrogen) atoms. The first kappa shape index (κ1) is 30.3. The molecule has 0 saturated heterocycles. The largest absolute Gasteiger partial charge is 0.494 e. The SMILES string of the molecule is CC.COC(=O)c1ccc2c(N(Cc3ccc(-c4ccc(F)c(OC)c4)cc3)C(=O)CC(C)(C)C)nccc2c1. The van der Waals surface area contributed by atoms with Crippen LogP contribution in [0.25, 0.3) is 21.9 Å². The van der Waals surface area contributed by atoms with Crippen molar-refractivity contribution in [3.05, 3.63) is 89.9 Å². The van der Waals surface area contributed by atoms with Crippen molar-refractivity contribution in [1.82, 2.24) is 4.98 Å². The molecule has 4 rings (SSSR count). The molecule has 0 bridgehead atoms. The maximum absolute atomic E-state index is 13.8. The summed E-state index contributed by atoms with van der Waals surface area (Å²) in [6.07, 6.45) is 1.97. The number of benzene rings is 3. The number of halogens is 1. The van der Waals surface area contributed by atoms with E-state index < -0.39 is 11.8 Å². The van der Waals surface area contributed by atoms with Gasteiger partial charge in [0.2, 0.25) is 5.91 Å². The molecule has 0 spiro atoms. The van der Waals surface area contributed by atoms with E-state index in [0.29, 0.717) is 24.3 Å².